The van der Waals surface area contributed by atoms with Gasteiger partial charge in [-0.15, -0.1) is 0 Å². The van der Waals surface area contributed by atoms with Gasteiger partial charge >= 0.3 is 0 Å². The van der Waals surface area contributed by atoms with Crippen LogP contribution < -0.4 is 4.72 Å². The van der Waals surface area contributed by atoms with Crippen molar-refractivity contribution in [3.8, 4) is 0 Å². The number of hydrogen-bond donors (Lipinski definition) is 1. The van der Waals surface area contributed by atoms with Crippen LogP contribution in [0.15, 0.2) is 35.3 Å². The second kappa shape index (κ2) is 5.76. The summed E-state index contributed by atoms with van der Waals surface area (Å²) in [6.07, 6.45) is 0.309. The number of oxime groups is 1. The van der Waals surface area contributed by atoms with Crippen molar-refractivity contribution in [2.75, 3.05) is 6.54 Å². The summed E-state index contributed by atoms with van der Waals surface area (Å²) in [7, 11) is -3.42. The molecule has 1 unspecified atom stereocenters. The van der Waals surface area contributed by atoms with Crippen molar-refractivity contribution in [3.63, 3.8) is 0 Å². The van der Waals surface area contributed by atoms with Crippen molar-refractivity contribution in [2.45, 2.75) is 26.4 Å². The summed E-state index contributed by atoms with van der Waals surface area (Å²) < 4.78 is 24.9. The first-order chi connectivity index (χ1) is 9.41. The Morgan fingerprint density at radius 1 is 1.45 bits per heavy atom. The average Bonchev–Trinajstić information content (AvgIpc) is 2.89. The normalized spacial score (nSPS) is 18.5. The predicted molar refractivity (Wildman–Crippen MR) is 79.1 cm³/mol. The minimum absolute atomic E-state index is 0.187. The first-order valence-electron chi connectivity index (χ1n) is 6.33. The molecule has 0 fully saturated rings. The molecule has 5 nitrogen and oxygen atoms in total. The molecule has 0 saturated heterocycles. The van der Waals surface area contributed by atoms with Gasteiger partial charge < -0.3 is 4.84 Å². The Hall–Kier alpha value is -1.66. The van der Waals surface area contributed by atoms with E-state index >= 15 is 0 Å². The van der Waals surface area contributed by atoms with E-state index in [0.717, 1.165) is 16.7 Å². The van der Waals surface area contributed by atoms with E-state index in [-0.39, 0.29) is 12.6 Å². The van der Waals surface area contributed by atoms with E-state index in [4.69, 9.17) is 4.84 Å². The zero-order chi connectivity index (χ0) is 14.8. The van der Waals surface area contributed by atoms with Gasteiger partial charge in [-0.05, 0) is 36.6 Å². The van der Waals surface area contributed by atoms with Crippen molar-refractivity contribution in [1.29, 1.82) is 0 Å². The van der Waals surface area contributed by atoms with E-state index in [1.54, 1.807) is 0 Å². The summed E-state index contributed by atoms with van der Waals surface area (Å²) in [5, 5.41) is 4.92. The van der Waals surface area contributed by atoms with E-state index in [1.807, 2.05) is 19.1 Å². The van der Waals surface area contributed by atoms with Crippen LogP contribution in [-0.4, -0.2) is 26.8 Å². The molecule has 1 aromatic carbocycles. The lowest BCUT2D eigenvalue weighted by Crippen LogP contribution is -2.30. The van der Waals surface area contributed by atoms with Crippen LogP contribution in [-0.2, 0) is 14.9 Å². The van der Waals surface area contributed by atoms with Crippen LogP contribution in [0, 0.1) is 13.8 Å². The van der Waals surface area contributed by atoms with Crippen LogP contribution in [0.3, 0.4) is 0 Å². The maximum atomic E-state index is 11.3. The Morgan fingerprint density at radius 2 is 2.20 bits per heavy atom. The predicted octanol–water partition coefficient (Wildman–Crippen LogP) is 1.86. The molecular weight excluding hydrogens is 276 g/mol. The van der Waals surface area contributed by atoms with Gasteiger partial charge in [0.15, 0.2) is 0 Å². The van der Waals surface area contributed by atoms with Crippen LogP contribution in [0.1, 0.15) is 23.1 Å². The maximum absolute atomic E-state index is 11.3. The van der Waals surface area contributed by atoms with E-state index in [2.05, 4.69) is 29.4 Å². The number of rotatable bonds is 5. The minimum atomic E-state index is -3.42. The summed E-state index contributed by atoms with van der Waals surface area (Å²) >= 11 is 0. The monoisotopic (exact) mass is 294 g/mol. The molecule has 0 aromatic heterocycles. The summed E-state index contributed by atoms with van der Waals surface area (Å²) in [6, 6.07) is 6.11. The highest BCUT2D eigenvalue weighted by Gasteiger charge is 2.23. The van der Waals surface area contributed by atoms with Gasteiger partial charge in [-0.3, -0.25) is 0 Å². The van der Waals surface area contributed by atoms with Gasteiger partial charge in [0.2, 0.25) is 10.0 Å². The van der Waals surface area contributed by atoms with E-state index < -0.39 is 10.0 Å². The molecule has 20 heavy (non-hydrogen) atoms. The largest absolute Gasteiger partial charge is 0.390 e. The smallest absolute Gasteiger partial charge is 0.233 e. The van der Waals surface area contributed by atoms with E-state index in [9.17, 15) is 8.42 Å². The molecule has 0 aliphatic carbocycles. The highest BCUT2D eigenvalue weighted by atomic mass is 32.2. The fraction of sp³-hybridized carbons (Fsp3) is 0.357. The third-order valence-corrected chi connectivity index (χ3v) is 4.31. The van der Waals surface area contributed by atoms with Crippen molar-refractivity contribution in [1.82, 2.24) is 4.72 Å². The Balaban J connectivity index is 1.98. The second-order valence-electron chi connectivity index (χ2n) is 4.83. The van der Waals surface area contributed by atoms with Gasteiger partial charge in [-0.25, -0.2) is 13.1 Å². The van der Waals surface area contributed by atoms with Crippen LogP contribution in [0.25, 0.3) is 0 Å². The van der Waals surface area contributed by atoms with Crippen LogP contribution in [0.5, 0.6) is 0 Å². The van der Waals surface area contributed by atoms with Crippen molar-refractivity contribution < 1.29 is 13.3 Å². The molecule has 1 atom stereocenters. The molecule has 1 aromatic rings. The number of benzene rings is 1. The number of nitrogens with one attached hydrogen (secondary N) is 1. The molecule has 1 aliphatic rings. The van der Waals surface area contributed by atoms with Crippen LogP contribution in [0.4, 0.5) is 0 Å². The average molecular weight is 294 g/mol. The molecule has 0 radical (unpaired) electrons. The SMILES string of the molecule is C=CS(=O)(=O)NCC1CC(c2ccc(C)c(C)c2)=NO1. The first-order valence-corrected chi connectivity index (χ1v) is 7.88. The molecule has 6 heteroatoms. The third-order valence-electron chi connectivity index (χ3n) is 3.30. The van der Waals surface area contributed by atoms with Gasteiger partial charge in [0.05, 0.1) is 12.3 Å². The molecular formula is C14H18N2O3S. The standard InChI is InChI=1S/C14H18N2O3S/c1-4-20(17,18)15-9-13-8-14(16-19-13)12-6-5-10(2)11(3)7-12/h4-7,13,15H,1,8-9H2,2-3H3. The lowest BCUT2D eigenvalue weighted by atomic mass is 10.0. The third kappa shape index (κ3) is 3.46. The quantitative estimate of drug-likeness (QED) is 0.901. The molecule has 0 bridgehead atoms. The van der Waals surface area contributed by atoms with Crippen molar-refractivity contribution in [3.05, 3.63) is 46.9 Å². The van der Waals surface area contributed by atoms with Gasteiger partial charge in [0.25, 0.3) is 0 Å². The number of nitrogens with zero attached hydrogens (tertiary/aromatic N) is 1. The lowest BCUT2D eigenvalue weighted by molar-refractivity contribution is 0.0892. The minimum Gasteiger partial charge on any atom is -0.390 e. The lowest BCUT2D eigenvalue weighted by Gasteiger charge is -2.08. The number of aryl methyl sites for hydroxylation is 2. The first kappa shape index (κ1) is 14.7. The maximum Gasteiger partial charge on any atom is 0.233 e. The Morgan fingerprint density at radius 3 is 2.85 bits per heavy atom. The molecule has 2 rings (SSSR count). The Bertz CT molecular complexity index is 650. The Labute approximate surface area is 119 Å². The van der Waals surface area contributed by atoms with Gasteiger partial charge in [-0.1, -0.05) is 23.9 Å². The van der Waals surface area contributed by atoms with Crippen molar-refractivity contribution >= 4 is 15.7 Å². The number of sulfonamides is 1. The van der Waals surface area contributed by atoms with Gasteiger partial charge in [0.1, 0.15) is 6.10 Å². The van der Waals surface area contributed by atoms with Gasteiger partial charge in [-0.2, -0.15) is 0 Å². The van der Waals surface area contributed by atoms with Crippen LogP contribution >= 0.6 is 0 Å². The van der Waals surface area contributed by atoms with E-state index in [1.165, 1.54) is 11.1 Å². The zero-order valence-corrected chi connectivity index (χ0v) is 12.4. The zero-order valence-electron chi connectivity index (χ0n) is 11.6. The highest BCUT2D eigenvalue weighted by Crippen LogP contribution is 2.18. The summed E-state index contributed by atoms with van der Waals surface area (Å²) in [4.78, 5) is 5.26. The van der Waals surface area contributed by atoms with E-state index in [0.29, 0.717) is 6.42 Å². The fourth-order valence-electron chi connectivity index (χ4n) is 1.90. The highest BCUT2D eigenvalue weighted by molar-refractivity contribution is 7.92. The molecule has 1 heterocycles. The van der Waals surface area contributed by atoms with Crippen molar-refractivity contribution in [2.24, 2.45) is 5.16 Å². The molecule has 0 spiro atoms. The molecule has 1 N–H and O–H groups in total. The molecule has 0 amide bonds. The summed E-state index contributed by atoms with van der Waals surface area (Å²) in [5.74, 6) is 0. The van der Waals surface area contributed by atoms with Crippen LogP contribution in [0.2, 0.25) is 0 Å². The fourth-order valence-corrected chi connectivity index (χ4v) is 2.43. The molecule has 1 aliphatic heterocycles. The Kier molecular flexibility index (Phi) is 4.25. The summed E-state index contributed by atoms with van der Waals surface area (Å²) in [5.41, 5.74) is 4.28. The molecule has 108 valence electrons. The summed E-state index contributed by atoms with van der Waals surface area (Å²) in [6.45, 7) is 7.53. The second-order valence-corrected chi connectivity index (χ2v) is 6.54. The molecule has 0 saturated carbocycles. The number of hydrogen-bond acceptors (Lipinski definition) is 4. The topological polar surface area (TPSA) is 67.8 Å². The van der Waals surface area contributed by atoms with Gasteiger partial charge in [0, 0.05) is 11.8 Å².